The molecule has 1 saturated heterocycles. The molecule has 5 nitrogen and oxygen atoms in total. The summed E-state index contributed by atoms with van der Waals surface area (Å²) in [6, 6.07) is 12.2. The fourth-order valence-electron chi connectivity index (χ4n) is 3.91. The number of hydrogen-bond donors (Lipinski definition) is 0. The van der Waals surface area contributed by atoms with Crippen molar-refractivity contribution in [2.75, 3.05) is 31.1 Å². The highest BCUT2D eigenvalue weighted by atomic mass is 32.2. The van der Waals surface area contributed by atoms with Crippen LogP contribution in [0.3, 0.4) is 0 Å². The van der Waals surface area contributed by atoms with Crippen LogP contribution < -0.4 is 4.90 Å². The van der Waals surface area contributed by atoms with Gasteiger partial charge in [-0.15, -0.1) is 11.3 Å². The Bertz CT molecular complexity index is 1180. The fourth-order valence-corrected chi connectivity index (χ4v) is 6.33. The SMILES string of the molecule is Cc1nc(-c2ccc(C(C)C)c(S(=O)(=O)N3CCN(c4ccccc4F)CC3)c2)cs1. The van der Waals surface area contributed by atoms with E-state index in [0.29, 0.717) is 36.8 Å². The molecule has 31 heavy (non-hydrogen) atoms. The molecule has 2 heterocycles. The number of para-hydroxylation sites is 1. The number of thiazole rings is 1. The molecule has 1 aliphatic heterocycles. The molecule has 164 valence electrons. The number of aryl methyl sites for hydroxylation is 1. The Balaban J connectivity index is 1.63. The molecule has 4 rings (SSSR count). The van der Waals surface area contributed by atoms with E-state index in [9.17, 15) is 12.8 Å². The van der Waals surface area contributed by atoms with Gasteiger partial charge in [0.25, 0.3) is 0 Å². The second kappa shape index (κ2) is 8.68. The quantitative estimate of drug-likeness (QED) is 0.545. The van der Waals surface area contributed by atoms with Gasteiger partial charge in [0.15, 0.2) is 0 Å². The van der Waals surface area contributed by atoms with Gasteiger partial charge in [-0.05, 0) is 36.6 Å². The molecule has 3 aromatic rings. The Kier molecular flexibility index (Phi) is 6.14. The van der Waals surface area contributed by atoms with Gasteiger partial charge < -0.3 is 4.90 Å². The molecule has 0 radical (unpaired) electrons. The van der Waals surface area contributed by atoms with Crippen LogP contribution in [0.25, 0.3) is 11.3 Å². The van der Waals surface area contributed by atoms with Crippen LogP contribution in [0, 0.1) is 12.7 Å². The molecule has 0 atom stereocenters. The third-order valence-electron chi connectivity index (χ3n) is 5.60. The summed E-state index contributed by atoms with van der Waals surface area (Å²) in [4.78, 5) is 6.75. The summed E-state index contributed by atoms with van der Waals surface area (Å²) >= 11 is 1.54. The minimum Gasteiger partial charge on any atom is -0.367 e. The van der Waals surface area contributed by atoms with Crippen molar-refractivity contribution in [3.8, 4) is 11.3 Å². The molecule has 0 aliphatic carbocycles. The van der Waals surface area contributed by atoms with E-state index >= 15 is 0 Å². The van der Waals surface area contributed by atoms with E-state index in [1.807, 2.05) is 43.2 Å². The van der Waals surface area contributed by atoms with Crippen LogP contribution in [-0.4, -0.2) is 43.9 Å². The number of anilines is 1. The first-order valence-electron chi connectivity index (χ1n) is 10.3. The Labute approximate surface area is 187 Å². The average molecular weight is 460 g/mol. The highest BCUT2D eigenvalue weighted by molar-refractivity contribution is 7.89. The Morgan fingerprint density at radius 1 is 1.06 bits per heavy atom. The minimum absolute atomic E-state index is 0.0655. The van der Waals surface area contributed by atoms with E-state index in [2.05, 4.69) is 4.98 Å². The van der Waals surface area contributed by atoms with Gasteiger partial charge in [-0.3, -0.25) is 0 Å². The Morgan fingerprint density at radius 3 is 2.39 bits per heavy atom. The maximum atomic E-state index is 14.1. The summed E-state index contributed by atoms with van der Waals surface area (Å²) < 4.78 is 42.9. The van der Waals surface area contributed by atoms with Gasteiger partial charge in [-0.1, -0.05) is 38.1 Å². The fraction of sp³-hybridized carbons (Fsp3) is 0.348. The molecule has 0 spiro atoms. The molecule has 0 amide bonds. The van der Waals surface area contributed by atoms with Crippen LogP contribution in [0.1, 0.15) is 30.3 Å². The first-order valence-corrected chi connectivity index (χ1v) is 12.7. The number of piperazine rings is 1. The third-order valence-corrected chi connectivity index (χ3v) is 8.33. The van der Waals surface area contributed by atoms with E-state index in [-0.39, 0.29) is 11.7 Å². The van der Waals surface area contributed by atoms with E-state index in [1.54, 1.807) is 35.6 Å². The molecule has 1 fully saturated rings. The predicted molar refractivity (Wildman–Crippen MR) is 124 cm³/mol. The number of benzene rings is 2. The number of nitrogens with zero attached hydrogens (tertiary/aromatic N) is 3. The van der Waals surface area contributed by atoms with Crippen molar-refractivity contribution in [3.63, 3.8) is 0 Å². The maximum Gasteiger partial charge on any atom is 0.243 e. The van der Waals surface area contributed by atoms with Crippen LogP contribution in [0.5, 0.6) is 0 Å². The largest absolute Gasteiger partial charge is 0.367 e. The average Bonchev–Trinajstić information content (AvgIpc) is 3.20. The topological polar surface area (TPSA) is 53.5 Å². The van der Waals surface area contributed by atoms with Crippen LogP contribution in [0.2, 0.25) is 0 Å². The van der Waals surface area contributed by atoms with Crippen LogP contribution in [0.4, 0.5) is 10.1 Å². The number of sulfonamides is 1. The number of rotatable bonds is 5. The van der Waals surface area contributed by atoms with Gasteiger partial charge in [0.1, 0.15) is 5.82 Å². The van der Waals surface area contributed by atoms with Crippen LogP contribution >= 0.6 is 11.3 Å². The Morgan fingerprint density at radius 2 is 1.77 bits per heavy atom. The van der Waals surface area contributed by atoms with E-state index in [1.165, 1.54) is 10.4 Å². The van der Waals surface area contributed by atoms with Crippen LogP contribution in [0.15, 0.2) is 52.7 Å². The van der Waals surface area contributed by atoms with Crippen LogP contribution in [-0.2, 0) is 10.0 Å². The molecular formula is C23H26FN3O2S2. The molecule has 1 aromatic heterocycles. The normalized spacial score (nSPS) is 15.6. The van der Waals surface area contributed by atoms with Gasteiger partial charge in [0.05, 0.1) is 21.3 Å². The second-order valence-corrected chi connectivity index (χ2v) is 11.0. The number of halogens is 1. The first kappa shape index (κ1) is 21.9. The number of hydrogen-bond acceptors (Lipinski definition) is 5. The molecule has 0 bridgehead atoms. The summed E-state index contributed by atoms with van der Waals surface area (Å²) in [5.74, 6) is -0.220. The molecule has 1 aliphatic rings. The van der Waals surface area contributed by atoms with E-state index in [4.69, 9.17) is 0 Å². The van der Waals surface area contributed by atoms with Crippen molar-refractivity contribution in [1.82, 2.24) is 9.29 Å². The molecule has 0 N–H and O–H groups in total. The molecule has 0 saturated carbocycles. The van der Waals surface area contributed by atoms with E-state index < -0.39 is 10.0 Å². The molecular weight excluding hydrogens is 433 g/mol. The summed E-state index contributed by atoms with van der Waals surface area (Å²) in [5, 5.41) is 2.89. The lowest BCUT2D eigenvalue weighted by Crippen LogP contribution is -2.49. The predicted octanol–water partition coefficient (Wildman–Crippen LogP) is 4.89. The van der Waals surface area contributed by atoms with Crippen molar-refractivity contribution in [3.05, 3.63) is 64.2 Å². The summed E-state index contributed by atoms with van der Waals surface area (Å²) in [5.41, 5.74) is 2.91. The lowest BCUT2D eigenvalue weighted by atomic mass is 10.0. The standard InChI is InChI=1S/C23H26FN3O2S2/c1-16(2)19-9-8-18(21-15-30-17(3)25-21)14-23(19)31(28,29)27-12-10-26(11-13-27)22-7-5-4-6-20(22)24/h4-9,14-16H,10-13H2,1-3H3. The smallest absolute Gasteiger partial charge is 0.243 e. The van der Waals surface area contributed by atoms with Gasteiger partial charge in [0, 0.05) is 37.1 Å². The van der Waals surface area contributed by atoms with Gasteiger partial charge in [-0.25, -0.2) is 17.8 Å². The zero-order valence-corrected chi connectivity index (χ0v) is 19.5. The lowest BCUT2D eigenvalue weighted by molar-refractivity contribution is 0.382. The first-order chi connectivity index (χ1) is 14.8. The van der Waals surface area contributed by atoms with Gasteiger partial charge in [-0.2, -0.15) is 4.31 Å². The monoisotopic (exact) mass is 459 g/mol. The zero-order valence-electron chi connectivity index (χ0n) is 17.9. The zero-order chi connectivity index (χ0) is 22.2. The summed E-state index contributed by atoms with van der Waals surface area (Å²) in [6.45, 7) is 7.45. The lowest BCUT2D eigenvalue weighted by Gasteiger charge is -2.36. The highest BCUT2D eigenvalue weighted by Gasteiger charge is 2.31. The Hall–Kier alpha value is -2.29. The molecule has 8 heteroatoms. The van der Waals surface area contributed by atoms with Crippen molar-refractivity contribution < 1.29 is 12.8 Å². The minimum atomic E-state index is -3.69. The number of aromatic nitrogens is 1. The molecule has 2 aromatic carbocycles. The summed E-state index contributed by atoms with van der Waals surface area (Å²) in [6.07, 6.45) is 0. The van der Waals surface area contributed by atoms with Crippen molar-refractivity contribution in [1.29, 1.82) is 0 Å². The second-order valence-electron chi connectivity index (χ2n) is 8.00. The van der Waals surface area contributed by atoms with E-state index in [0.717, 1.165) is 21.8 Å². The summed E-state index contributed by atoms with van der Waals surface area (Å²) in [7, 11) is -3.69. The maximum absolute atomic E-state index is 14.1. The van der Waals surface area contributed by atoms with Crippen molar-refractivity contribution in [2.24, 2.45) is 0 Å². The van der Waals surface area contributed by atoms with Crippen molar-refractivity contribution in [2.45, 2.75) is 31.6 Å². The van der Waals surface area contributed by atoms with Gasteiger partial charge in [0.2, 0.25) is 10.0 Å². The van der Waals surface area contributed by atoms with Gasteiger partial charge >= 0.3 is 0 Å². The highest BCUT2D eigenvalue weighted by Crippen LogP contribution is 2.32. The molecule has 0 unspecified atom stereocenters. The third kappa shape index (κ3) is 4.37. The van der Waals surface area contributed by atoms with Crippen molar-refractivity contribution >= 4 is 27.0 Å².